The minimum atomic E-state index is -0.472. The Kier molecular flexibility index (Phi) is 4.16. The smallest absolute Gasteiger partial charge is 0.286 e. The highest BCUT2D eigenvalue weighted by Crippen LogP contribution is 2.20. The summed E-state index contributed by atoms with van der Waals surface area (Å²) in [6, 6.07) is 17.3. The Morgan fingerprint density at radius 1 is 0.958 bits per heavy atom. The Bertz CT molecular complexity index is 907. The van der Waals surface area contributed by atoms with Gasteiger partial charge in [0.15, 0.2) is 0 Å². The van der Waals surface area contributed by atoms with Gasteiger partial charge in [-0.15, -0.1) is 0 Å². The first-order valence-corrected chi connectivity index (χ1v) is 7.38. The molecule has 1 heterocycles. The van der Waals surface area contributed by atoms with Crippen LogP contribution in [0.3, 0.4) is 0 Å². The zero-order chi connectivity index (χ0) is 17.1. The molecule has 0 spiro atoms. The van der Waals surface area contributed by atoms with Crippen molar-refractivity contribution in [3.63, 3.8) is 0 Å². The van der Waals surface area contributed by atoms with E-state index in [0.717, 1.165) is 0 Å². The van der Waals surface area contributed by atoms with Gasteiger partial charge in [-0.1, -0.05) is 60.7 Å². The first kappa shape index (κ1) is 15.6. The third-order valence-corrected chi connectivity index (χ3v) is 3.61. The molecule has 0 N–H and O–H groups in total. The molecule has 118 valence electrons. The number of carbonyl (C=O) groups excluding carboxylic acids is 2. The van der Waals surface area contributed by atoms with Gasteiger partial charge in [0, 0.05) is 18.1 Å². The quantitative estimate of drug-likeness (QED) is 0.421. The molecule has 0 saturated carbocycles. The Labute approximate surface area is 138 Å². The molecule has 0 aliphatic carbocycles. The van der Waals surface area contributed by atoms with Gasteiger partial charge < -0.3 is 5.21 Å². The van der Waals surface area contributed by atoms with Gasteiger partial charge in [0.2, 0.25) is 5.78 Å². The van der Waals surface area contributed by atoms with Crippen LogP contribution in [-0.2, 0) is 0 Å². The van der Waals surface area contributed by atoms with Gasteiger partial charge in [-0.25, -0.2) is 4.98 Å². The summed E-state index contributed by atoms with van der Waals surface area (Å²) in [4.78, 5) is 28.7. The van der Waals surface area contributed by atoms with Gasteiger partial charge in [-0.05, 0) is 0 Å². The number of hydrogen-bond acceptors (Lipinski definition) is 4. The van der Waals surface area contributed by atoms with E-state index < -0.39 is 11.6 Å². The van der Waals surface area contributed by atoms with Gasteiger partial charge in [-0.2, -0.15) is 4.73 Å². The molecular formula is C19H14N2O3. The van der Waals surface area contributed by atoms with Crippen LogP contribution in [0.15, 0.2) is 66.9 Å². The zero-order valence-electron chi connectivity index (χ0n) is 13.0. The topological polar surface area (TPSA) is 74.0 Å². The number of nitrogens with zero attached hydrogens (tertiary/aromatic N) is 2. The molecule has 0 aliphatic heterocycles. The first-order chi connectivity index (χ1) is 11.6. The molecule has 3 aromatic rings. The Morgan fingerprint density at radius 3 is 2.12 bits per heavy atom. The second-order valence-electron chi connectivity index (χ2n) is 5.25. The summed E-state index contributed by atoms with van der Waals surface area (Å²) in [6.45, 7) is 1.29. The van der Waals surface area contributed by atoms with Crippen molar-refractivity contribution in [3.05, 3.63) is 89.0 Å². The van der Waals surface area contributed by atoms with Gasteiger partial charge in [0.25, 0.3) is 17.2 Å². The normalized spacial score (nSPS) is 10.4. The van der Waals surface area contributed by atoms with Crippen LogP contribution in [0.5, 0.6) is 0 Å². The molecule has 0 aliphatic rings. The molecule has 3 rings (SSSR count). The summed E-state index contributed by atoms with van der Waals surface area (Å²) in [6.07, 6.45) is 1.22. The Balaban J connectivity index is 2.17. The highest BCUT2D eigenvalue weighted by molar-refractivity contribution is 6.07. The van der Waals surface area contributed by atoms with Crippen LogP contribution in [0.4, 0.5) is 0 Å². The lowest BCUT2D eigenvalue weighted by Gasteiger charge is -2.10. The first-order valence-electron chi connectivity index (χ1n) is 7.38. The maximum Gasteiger partial charge on any atom is 0.286 e. The second-order valence-corrected chi connectivity index (χ2v) is 5.25. The molecule has 5 nitrogen and oxygen atoms in total. The SMILES string of the molecule is CC(=O)c1c(-c2ccccc2)ncc(C(=O)c2ccccc2)[n+]1[O-]. The average molecular weight is 318 g/mol. The van der Waals surface area contributed by atoms with Gasteiger partial charge in [0.05, 0.1) is 0 Å². The molecule has 0 fully saturated rings. The molecule has 0 saturated heterocycles. The van der Waals surface area contributed by atoms with E-state index in [1.165, 1.54) is 13.1 Å². The zero-order valence-corrected chi connectivity index (χ0v) is 13.0. The summed E-state index contributed by atoms with van der Waals surface area (Å²) in [5, 5.41) is 12.7. The molecule has 1 aromatic heterocycles. The lowest BCUT2D eigenvalue weighted by atomic mass is 10.1. The molecule has 0 atom stereocenters. The van der Waals surface area contributed by atoms with Crippen LogP contribution in [-0.4, -0.2) is 16.6 Å². The molecule has 0 bridgehead atoms. The van der Waals surface area contributed by atoms with Crippen molar-refractivity contribution in [1.29, 1.82) is 0 Å². The summed E-state index contributed by atoms with van der Waals surface area (Å²) in [7, 11) is 0. The maximum atomic E-state index is 12.7. The second kappa shape index (κ2) is 6.42. The number of hydrogen-bond donors (Lipinski definition) is 0. The Hall–Kier alpha value is -3.34. The van der Waals surface area contributed by atoms with Gasteiger partial charge >= 0.3 is 0 Å². The lowest BCUT2D eigenvalue weighted by molar-refractivity contribution is -0.609. The average Bonchev–Trinajstić information content (AvgIpc) is 2.62. The fourth-order valence-corrected chi connectivity index (χ4v) is 2.46. The van der Waals surface area contributed by atoms with Crippen LogP contribution in [0.2, 0.25) is 0 Å². The fourth-order valence-electron chi connectivity index (χ4n) is 2.46. The van der Waals surface area contributed by atoms with Crippen molar-refractivity contribution in [1.82, 2.24) is 4.98 Å². The van der Waals surface area contributed by atoms with E-state index in [9.17, 15) is 14.8 Å². The largest absolute Gasteiger partial charge is 0.618 e. The summed E-state index contributed by atoms with van der Waals surface area (Å²) in [5.74, 6) is -0.917. The fraction of sp³-hybridized carbons (Fsp3) is 0.0526. The number of benzene rings is 2. The standard InChI is InChI=1S/C19H14N2O3/c1-13(22)18-17(14-8-4-2-5-9-14)20-12-16(21(18)24)19(23)15-10-6-3-7-11-15/h2-12H,1H3. The molecule has 24 heavy (non-hydrogen) atoms. The monoisotopic (exact) mass is 318 g/mol. The molecule has 5 heteroatoms. The number of carbonyl (C=O) groups is 2. The van der Waals surface area contributed by atoms with E-state index in [4.69, 9.17) is 0 Å². The minimum Gasteiger partial charge on any atom is -0.618 e. The van der Waals surface area contributed by atoms with E-state index in [-0.39, 0.29) is 17.1 Å². The van der Waals surface area contributed by atoms with Crippen molar-refractivity contribution >= 4 is 11.6 Å². The number of aromatic nitrogens is 2. The van der Waals surface area contributed by atoms with E-state index in [2.05, 4.69) is 4.98 Å². The van der Waals surface area contributed by atoms with Crippen molar-refractivity contribution in [3.8, 4) is 11.3 Å². The highest BCUT2D eigenvalue weighted by atomic mass is 16.5. The van der Waals surface area contributed by atoms with E-state index in [1.54, 1.807) is 54.6 Å². The Morgan fingerprint density at radius 2 is 1.54 bits per heavy atom. The van der Waals surface area contributed by atoms with Crippen molar-refractivity contribution in [2.45, 2.75) is 6.92 Å². The number of rotatable bonds is 4. The molecule has 0 radical (unpaired) electrons. The number of ketones is 2. The van der Waals surface area contributed by atoms with E-state index in [1.807, 2.05) is 6.07 Å². The van der Waals surface area contributed by atoms with Crippen LogP contribution in [0.1, 0.15) is 33.5 Å². The van der Waals surface area contributed by atoms with Crippen LogP contribution in [0, 0.1) is 5.21 Å². The predicted molar refractivity (Wildman–Crippen MR) is 88.5 cm³/mol. The van der Waals surface area contributed by atoms with Crippen molar-refractivity contribution in [2.24, 2.45) is 0 Å². The number of Topliss-reactive ketones (excluding diaryl/α,β-unsaturated/α-hetero) is 1. The summed E-state index contributed by atoms with van der Waals surface area (Å²) in [5.41, 5.74) is 0.966. The maximum absolute atomic E-state index is 12.7. The summed E-state index contributed by atoms with van der Waals surface area (Å²) < 4.78 is 0.382. The molecular weight excluding hydrogens is 304 g/mol. The predicted octanol–water partition coefficient (Wildman–Crippen LogP) is 2.82. The third kappa shape index (κ3) is 2.79. The van der Waals surface area contributed by atoms with Crippen molar-refractivity contribution < 1.29 is 14.3 Å². The third-order valence-electron chi connectivity index (χ3n) is 3.61. The lowest BCUT2D eigenvalue weighted by Crippen LogP contribution is -2.42. The van der Waals surface area contributed by atoms with Gasteiger partial charge in [-0.3, -0.25) is 9.59 Å². The van der Waals surface area contributed by atoms with Crippen LogP contribution < -0.4 is 4.73 Å². The summed E-state index contributed by atoms with van der Waals surface area (Å²) >= 11 is 0. The van der Waals surface area contributed by atoms with E-state index >= 15 is 0 Å². The van der Waals surface area contributed by atoms with Crippen molar-refractivity contribution in [2.75, 3.05) is 0 Å². The van der Waals surface area contributed by atoms with E-state index in [0.29, 0.717) is 15.9 Å². The highest BCUT2D eigenvalue weighted by Gasteiger charge is 2.28. The van der Waals surface area contributed by atoms with Gasteiger partial charge in [0.1, 0.15) is 11.9 Å². The molecule has 2 aromatic carbocycles. The molecule has 0 unspecified atom stereocenters. The van der Waals surface area contributed by atoms with Crippen LogP contribution in [0.25, 0.3) is 11.3 Å². The molecule has 0 amide bonds. The minimum absolute atomic E-state index is 0.136. The van der Waals surface area contributed by atoms with Crippen LogP contribution >= 0.6 is 0 Å².